The van der Waals surface area contributed by atoms with Gasteiger partial charge in [-0.25, -0.2) is 0 Å². The molecule has 0 saturated heterocycles. The zero-order valence-electron chi connectivity index (χ0n) is 14.4. The summed E-state index contributed by atoms with van der Waals surface area (Å²) in [4.78, 5) is 16.6. The third kappa shape index (κ3) is 4.32. The number of aryl methyl sites for hydroxylation is 1. The van der Waals surface area contributed by atoms with Gasteiger partial charge in [-0.05, 0) is 57.0 Å². The number of rotatable bonds is 4. The van der Waals surface area contributed by atoms with Crippen LogP contribution in [0.15, 0.2) is 36.5 Å². The fourth-order valence-corrected chi connectivity index (χ4v) is 2.23. The van der Waals surface area contributed by atoms with Crippen LogP contribution in [0.2, 0.25) is 0 Å². The summed E-state index contributed by atoms with van der Waals surface area (Å²) < 4.78 is 5.76. The molecular weight excluding hydrogens is 302 g/mol. The molecule has 24 heavy (non-hydrogen) atoms. The van der Waals surface area contributed by atoms with Crippen LogP contribution < -0.4 is 10.1 Å². The average Bonchev–Trinajstić information content (AvgIpc) is 2.54. The van der Waals surface area contributed by atoms with Crippen molar-refractivity contribution in [1.29, 1.82) is 5.26 Å². The molecule has 1 aromatic carbocycles. The van der Waals surface area contributed by atoms with Gasteiger partial charge >= 0.3 is 0 Å². The standard InChI is InChI=1S/C19H21N3O2/c1-5-13-7-6-10-21-17(13)18(23)22-15-8-9-16(14(11-15)12-20)24-19(2,3)4/h6-11H,5H2,1-4H3,(H,22,23). The Labute approximate surface area is 142 Å². The van der Waals surface area contributed by atoms with Crippen molar-refractivity contribution in [3.8, 4) is 11.8 Å². The maximum atomic E-state index is 12.4. The third-order valence-electron chi connectivity index (χ3n) is 3.26. The Kier molecular flexibility index (Phi) is 5.20. The molecule has 0 aliphatic carbocycles. The smallest absolute Gasteiger partial charge is 0.274 e. The topological polar surface area (TPSA) is 75.0 Å². The summed E-state index contributed by atoms with van der Waals surface area (Å²) in [7, 11) is 0. The number of ether oxygens (including phenoxy) is 1. The molecule has 0 spiro atoms. The van der Waals surface area contributed by atoms with E-state index >= 15 is 0 Å². The lowest BCUT2D eigenvalue weighted by Gasteiger charge is -2.22. The Bertz CT molecular complexity index is 786. The first-order valence-corrected chi connectivity index (χ1v) is 7.82. The highest BCUT2D eigenvalue weighted by Crippen LogP contribution is 2.26. The molecule has 0 atom stereocenters. The monoisotopic (exact) mass is 323 g/mol. The molecule has 0 aliphatic rings. The lowest BCUT2D eigenvalue weighted by molar-refractivity contribution is 0.102. The minimum Gasteiger partial charge on any atom is -0.487 e. The number of carbonyl (C=O) groups is 1. The largest absolute Gasteiger partial charge is 0.487 e. The van der Waals surface area contributed by atoms with E-state index in [4.69, 9.17) is 4.74 Å². The number of carbonyl (C=O) groups excluding carboxylic acids is 1. The maximum absolute atomic E-state index is 12.4. The highest BCUT2D eigenvalue weighted by atomic mass is 16.5. The van der Waals surface area contributed by atoms with Crippen LogP contribution in [-0.2, 0) is 6.42 Å². The van der Waals surface area contributed by atoms with Crippen LogP contribution in [0, 0.1) is 11.3 Å². The Hall–Kier alpha value is -2.87. The Balaban J connectivity index is 2.24. The first-order chi connectivity index (χ1) is 11.3. The molecule has 5 nitrogen and oxygen atoms in total. The summed E-state index contributed by atoms with van der Waals surface area (Å²) >= 11 is 0. The zero-order valence-corrected chi connectivity index (χ0v) is 14.4. The first kappa shape index (κ1) is 17.5. The van der Waals surface area contributed by atoms with Gasteiger partial charge in [0, 0.05) is 11.9 Å². The number of anilines is 1. The lowest BCUT2D eigenvalue weighted by Crippen LogP contribution is -2.23. The van der Waals surface area contributed by atoms with Gasteiger partial charge in [0.2, 0.25) is 0 Å². The number of aromatic nitrogens is 1. The molecule has 0 unspecified atom stereocenters. The molecule has 1 amide bonds. The van der Waals surface area contributed by atoms with Gasteiger partial charge in [0.1, 0.15) is 23.1 Å². The fraction of sp³-hybridized carbons (Fsp3) is 0.316. The molecule has 2 rings (SSSR count). The van der Waals surface area contributed by atoms with Gasteiger partial charge in [0.15, 0.2) is 0 Å². The zero-order chi connectivity index (χ0) is 17.7. The molecule has 0 aliphatic heterocycles. The molecule has 124 valence electrons. The summed E-state index contributed by atoms with van der Waals surface area (Å²) in [6.45, 7) is 7.71. The van der Waals surface area contributed by atoms with Crippen molar-refractivity contribution >= 4 is 11.6 Å². The van der Waals surface area contributed by atoms with Crippen molar-refractivity contribution in [2.24, 2.45) is 0 Å². The number of hydrogen-bond acceptors (Lipinski definition) is 4. The van der Waals surface area contributed by atoms with Crippen LogP contribution in [0.3, 0.4) is 0 Å². The van der Waals surface area contributed by atoms with Crippen molar-refractivity contribution in [2.45, 2.75) is 39.7 Å². The molecule has 1 N–H and O–H groups in total. The third-order valence-corrected chi connectivity index (χ3v) is 3.26. The number of nitrogens with zero attached hydrogens (tertiary/aromatic N) is 2. The molecule has 0 saturated carbocycles. The molecule has 1 aromatic heterocycles. The minimum atomic E-state index is -0.402. The van der Waals surface area contributed by atoms with E-state index in [0.29, 0.717) is 22.7 Å². The Morgan fingerprint density at radius 3 is 2.71 bits per heavy atom. The quantitative estimate of drug-likeness (QED) is 0.924. The van der Waals surface area contributed by atoms with Gasteiger partial charge in [-0.2, -0.15) is 5.26 Å². The summed E-state index contributed by atoms with van der Waals surface area (Å²) in [5, 5.41) is 12.1. The second-order valence-corrected chi connectivity index (χ2v) is 6.36. The molecule has 0 bridgehead atoms. The van der Waals surface area contributed by atoms with Gasteiger partial charge in [0.25, 0.3) is 5.91 Å². The predicted octanol–water partition coefficient (Wildman–Crippen LogP) is 3.95. The van der Waals surface area contributed by atoms with Gasteiger partial charge in [0.05, 0.1) is 5.56 Å². The maximum Gasteiger partial charge on any atom is 0.274 e. The number of pyridine rings is 1. The number of hydrogen-bond donors (Lipinski definition) is 1. The molecule has 0 fully saturated rings. The second-order valence-electron chi connectivity index (χ2n) is 6.36. The van der Waals surface area contributed by atoms with Crippen molar-refractivity contribution in [3.63, 3.8) is 0 Å². The predicted molar refractivity (Wildman–Crippen MR) is 93.1 cm³/mol. The van der Waals surface area contributed by atoms with E-state index in [-0.39, 0.29) is 5.91 Å². The normalized spacial score (nSPS) is 10.8. The Morgan fingerprint density at radius 2 is 2.08 bits per heavy atom. The highest BCUT2D eigenvalue weighted by Gasteiger charge is 2.16. The van der Waals surface area contributed by atoms with Gasteiger partial charge in [-0.1, -0.05) is 13.0 Å². The minimum absolute atomic E-state index is 0.291. The van der Waals surface area contributed by atoms with Crippen molar-refractivity contribution < 1.29 is 9.53 Å². The number of nitriles is 1. The summed E-state index contributed by atoms with van der Waals surface area (Å²) in [5.41, 5.74) is 1.78. The van der Waals surface area contributed by atoms with Gasteiger partial charge in [-0.15, -0.1) is 0 Å². The molecule has 2 aromatic rings. The van der Waals surface area contributed by atoms with Crippen LogP contribution in [0.1, 0.15) is 49.3 Å². The fourth-order valence-electron chi connectivity index (χ4n) is 2.23. The van der Waals surface area contributed by atoms with Crippen LogP contribution in [0.25, 0.3) is 0 Å². The van der Waals surface area contributed by atoms with Gasteiger partial charge < -0.3 is 10.1 Å². The van der Waals surface area contributed by atoms with Crippen LogP contribution in [0.4, 0.5) is 5.69 Å². The number of benzene rings is 1. The van der Waals surface area contributed by atoms with Crippen LogP contribution in [0.5, 0.6) is 5.75 Å². The molecule has 0 radical (unpaired) electrons. The van der Waals surface area contributed by atoms with E-state index in [1.54, 1.807) is 24.4 Å². The van der Waals surface area contributed by atoms with Crippen molar-refractivity contribution in [1.82, 2.24) is 4.98 Å². The van der Waals surface area contributed by atoms with Crippen molar-refractivity contribution in [3.05, 3.63) is 53.3 Å². The summed E-state index contributed by atoms with van der Waals surface area (Å²) in [6.07, 6.45) is 2.31. The van der Waals surface area contributed by atoms with E-state index < -0.39 is 5.60 Å². The molecular formula is C19H21N3O2. The van der Waals surface area contributed by atoms with Crippen LogP contribution in [-0.4, -0.2) is 16.5 Å². The number of nitrogens with one attached hydrogen (secondary N) is 1. The highest BCUT2D eigenvalue weighted by molar-refractivity contribution is 6.04. The van der Waals surface area contributed by atoms with E-state index in [1.165, 1.54) is 0 Å². The second kappa shape index (κ2) is 7.14. The summed E-state index contributed by atoms with van der Waals surface area (Å²) in [6, 6.07) is 10.8. The number of amides is 1. The van der Waals surface area contributed by atoms with Crippen molar-refractivity contribution in [2.75, 3.05) is 5.32 Å². The van der Waals surface area contributed by atoms with E-state index in [0.717, 1.165) is 12.0 Å². The van der Waals surface area contributed by atoms with E-state index in [9.17, 15) is 10.1 Å². The first-order valence-electron chi connectivity index (χ1n) is 7.82. The Morgan fingerprint density at radius 1 is 1.33 bits per heavy atom. The SMILES string of the molecule is CCc1cccnc1C(=O)Nc1ccc(OC(C)(C)C)c(C#N)c1. The van der Waals surface area contributed by atoms with E-state index in [1.807, 2.05) is 39.8 Å². The summed E-state index contributed by atoms with van der Waals surface area (Å²) in [5.74, 6) is 0.205. The van der Waals surface area contributed by atoms with E-state index in [2.05, 4.69) is 16.4 Å². The average molecular weight is 323 g/mol. The van der Waals surface area contributed by atoms with Gasteiger partial charge in [-0.3, -0.25) is 9.78 Å². The molecule has 1 heterocycles. The lowest BCUT2D eigenvalue weighted by atomic mass is 10.1. The molecule has 5 heteroatoms. The van der Waals surface area contributed by atoms with Crippen LogP contribution >= 0.6 is 0 Å².